The second-order valence-electron chi connectivity index (χ2n) is 4.66. The summed E-state index contributed by atoms with van der Waals surface area (Å²) in [6.45, 7) is 1.94. The molecule has 1 heterocycles. The van der Waals surface area contributed by atoms with E-state index in [9.17, 15) is 4.79 Å². The molecule has 0 spiro atoms. The maximum atomic E-state index is 12.3. The van der Waals surface area contributed by atoms with Crippen LogP contribution >= 0.6 is 15.9 Å². The zero-order chi connectivity index (χ0) is 14.8. The van der Waals surface area contributed by atoms with Crippen molar-refractivity contribution in [3.05, 3.63) is 64.4 Å². The fourth-order valence-corrected chi connectivity index (χ4v) is 2.34. The highest BCUT2D eigenvalue weighted by molar-refractivity contribution is 9.10. The zero-order valence-corrected chi connectivity index (χ0v) is 12.9. The number of nitrogens with one attached hydrogen (secondary N) is 1. The van der Waals surface area contributed by atoms with E-state index >= 15 is 0 Å². The van der Waals surface area contributed by atoms with E-state index in [4.69, 9.17) is 0 Å². The first-order valence-corrected chi connectivity index (χ1v) is 7.22. The summed E-state index contributed by atoms with van der Waals surface area (Å²) in [6, 6.07) is 13.2. The Labute approximate surface area is 130 Å². The van der Waals surface area contributed by atoms with E-state index in [0.717, 1.165) is 21.2 Å². The number of fused-ring (bicyclic) bond motifs is 1. The van der Waals surface area contributed by atoms with Gasteiger partial charge in [0.15, 0.2) is 0 Å². The van der Waals surface area contributed by atoms with Crippen molar-refractivity contribution in [3.63, 3.8) is 0 Å². The van der Waals surface area contributed by atoms with Crippen LogP contribution in [0.2, 0.25) is 0 Å². The van der Waals surface area contributed by atoms with Gasteiger partial charge in [-0.1, -0.05) is 34.1 Å². The van der Waals surface area contributed by atoms with E-state index in [1.165, 1.54) is 6.20 Å². The van der Waals surface area contributed by atoms with Gasteiger partial charge < -0.3 is 5.32 Å². The number of hydrogen-bond donors (Lipinski definition) is 1. The number of aryl methyl sites for hydroxylation is 1. The van der Waals surface area contributed by atoms with Gasteiger partial charge in [-0.25, -0.2) is 4.98 Å². The monoisotopic (exact) mass is 341 g/mol. The number of para-hydroxylation sites is 2. The topological polar surface area (TPSA) is 54.9 Å². The minimum atomic E-state index is -0.269. The Hall–Kier alpha value is -2.27. The molecule has 2 aromatic carbocycles. The van der Waals surface area contributed by atoms with Crippen molar-refractivity contribution in [1.29, 1.82) is 0 Å². The molecular formula is C16H12BrN3O. The number of aromatic nitrogens is 2. The lowest BCUT2D eigenvalue weighted by Crippen LogP contribution is -2.15. The molecule has 0 saturated heterocycles. The fourth-order valence-electron chi connectivity index (χ4n) is 1.98. The summed E-state index contributed by atoms with van der Waals surface area (Å²) in [6.07, 6.45) is 1.49. The lowest BCUT2D eigenvalue weighted by Gasteiger charge is -2.08. The molecule has 0 atom stereocenters. The summed E-state index contributed by atoms with van der Waals surface area (Å²) in [4.78, 5) is 20.9. The first-order valence-electron chi connectivity index (χ1n) is 6.43. The molecule has 5 heteroatoms. The molecule has 0 fully saturated rings. The van der Waals surface area contributed by atoms with Crippen molar-refractivity contribution in [1.82, 2.24) is 9.97 Å². The molecule has 104 valence electrons. The van der Waals surface area contributed by atoms with E-state index in [-0.39, 0.29) is 5.91 Å². The van der Waals surface area contributed by atoms with E-state index in [2.05, 4.69) is 31.2 Å². The largest absolute Gasteiger partial charge is 0.320 e. The molecule has 0 radical (unpaired) electrons. The van der Waals surface area contributed by atoms with Crippen LogP contribution in [0.3, 0.4) is 0 Å². The molecule has 0 aliphatic carbocycles. The zero-order valence-electron chi connectivity index (χ0n) is 11.3. The van der Waals surface area contributed by atoms with Gasteiger partial charge >= 0.3 is 0 Å². The van der Waals surface area contributed by atoms with E-state index in [1.54, 1.807) is 0 Å². The summed E-state index contributed by atoms with van der Waals surface area (Å²) in [7, 11) is 0. The second kappa shape index (κ2) is 5.61. The molecule has 0 aliphatic rings. The van der Waals surface area contributed by atoms with Crippen molar-refractivity contribution < 1.29 is 4.79 Å². The van der Waals surface area contributed by atoms with Gasteiger partial charge in [-0.2, -0.15) is 0 Å². The van der Waals surface area contributed by atoms with E-state index in [1.807, 2.05) is 49.4 Å². The quantitative estimate of drug-likeness (QED) is 0.767. The maximum Gasteiger partial charge on any atom is 0.275 e. The number of carbonyl (C=O) groups excluding carboxylic acids is 1. The van der Waals surface area contributed by atoms with Crippen LogP contribution < -0.4 is 5.32 Å². The summed E-state index contributed by atoms with van der Waals surface area (Å²) in [5.41, 5.74) is 3.52. The minimum Gasteiger partial charge on any atom is -0.320 e. The predicted molar refractivity (Wildman–Crippen MR) is 86.4 cm³/mol. The van der Waals surface area contributed by atoms with E-state index in [0.29, 0.717) is 11.2 Å². The normalized spacial score (nSPS) is 10.6. The molecule has 21 heavy (non-hydrogen) atoms. The van der Waals surface area contributed by atoms with Gasteiger partial charge in [-0.05, 0) is 36.8 Å². The van der Waals surface area contributed by atoms with Crippen LogP contribution in [0.15, 0.2) is 53.1 Å². The van der Waals surface area contributed by atoms with Crippen LogP contribution in [-0.2, 0) is 0 Å². The van der Waals surface area contributed by atoms with Crippen molar-refractivity contribution in [2.24, 2.45) is 0 Å². The standard InChI is InChI=1S/C16H12BrN3O/c1-10-6-7-11(17)8-14(10)20-16(21)15-9-18-12-4-2-3-5-13(12)19-15/h2-9H,1H3,(H,20,21). The van der Waals surface area contributed by atoms with Gasteiger partial charge in [-0.3, -0.25) is 9.78 Å². The molecule has 0 saturated carbocycles. The average molecular weight is 342 g/mol. The molecule has 0 bridgehead atoms. The molecule has 3 rings (SSSR count). The number of amides is 1. The van der Waals surface area contributed by atoms with Crippen LogP contribution in [0.1, 0.15) is 16.1 Å². The smallest absolute Gasteiger partial charge is 0.275 e. The number of rotatable bonds is 2. The third-order valence-corrected chi connectivity index (χ3v) is 3.62. The number of halogens is 1. The first kappa shape index (κ1) is 13.7. The molecule has 3 aromatic rings. The molecule has 0 unspecified atom stereocenters. The SMILES string of the molecule is Cc1ccc(Br)cc1NC(=O)c1cnc2ccccc2n1. The lowest BCUT2D eigenvalue weighted by molar-refractivity contribution is 0.102. The lowest BCUT2D eigenvalue weighted by atomic mass is 10.2. The Morgan fingerprint density at radius 2 is 1.90 bits per heavy atom. The number of nitrogens with zero attached hydrogens (tertiary/aromatic N) is 2. The third kappa shape index (κ3) is 2.92. The van der Waals surface area contributed by atoms with Gasteiger partial charge in [0.25, 0.3) is 5.91 Å². The highest BCUT2D eigenvalue weighted by atomic mass is 79.9. The van der Waals surface area contributed by atoms with Gasteiger partial charge in [0.1, 0.15) is 5.69 Å². The van der Waals surface area contributed by atoms with Crippen molar-refractivity contribution in [2.75, 3.05) is 5.32 Å². The molecule has 4 nitrogen and oxygen atoms in total. The van der Waals surface area contributed by atoms with Crippen LogP contribution in [0.5, 0.6) is 0 Å². The average Bonchev–Trinajstić information content (AvgIpc) is 2.50. The van der Waals surface area contributed by atoms with Gasteiger partial charge in [0, 0.05) is 10.2 Å². The highest BCUT2D eigenvalue weighted by Gasteiger charge is 2.11. The second-order valence-corrected chi connectivity index (χ2v) is 5.57. The Balaban J connectivity index is 1.91. The van der Waals surface area contributed by atoms with Crippen LogP contribution in [-0.4, -0.2) is 15.9 Å². The van der Waals surface area contributed by atoms with Crippen molar-refractivity contribution in [3.8, 4) is 0 Å². The molecule has 1 amide bonds. The summed E-state index contributed by atoms with van der Waals surface area (Å²) in [5.74, 6) is -0.269. The number of carbonyl (C=O) groups is 1. The first-order chi connectivity index (χ1) is 10.1. The van der Waals surface area contributed by atoms with Crippen LogP contribution in [0.4, 0.5) is 5.69 Å². The van der Waals surface area contributed by atoms with Crippen molar-refractivity contribution >= 4 is 38.6 Å². The Bertz CT molecular complexity index is 833. The van der Waals surface area contributed by atoms with Gasteiger partial charge in [0.05, 0.1) is 17.2 Å². The summed E-state index contributed by atoms with van der Waals surface area (Å²) < 4.78 is 0.910. The Morgan fingerprint density at radius 3 is 2.71 bits per heavy atom. The number of hydrogen-bond acceptors (Lipinski definition) is 3. The number of benzene rings is 2. The minimum absolute atomic E-state index is 0.269. The molecule has 1 N–H and O–H groups in total. The van der Waals surface area contributed by atoms with Gasteiger partial charge in [0.2, 0.25) is 0 Å². The maximum absolute atomic E-state index is 12.3. The number of anilines is 1. The Kier molecular flexibility index (Phi) is 3.66. The molecular weight excluding hydrogens is 330 g/mol. The summed E-state index contributed by atoms with van der Waals surface area (Å²) in [5, 5.41) is 2.86. The Morgan fingerprint density at radius 1 is 1.14 bits per heavy atom. The van der Waals surface area contributed by atoms with Crippen LogP contribution in [0.25, 0.3) is 11.0 Å². The predicted octanol–water partition coefficient (Wildman–Crippen LogP) is 3.95. The molecule has 1 aromatic heterocycles. The molecule has 0 aliphatic heterocycles. The fraction of sp³-hybridized carbons (Fsp3) is 0.0625. The third-order valence-electron chi connectivity index (χ3n) is 3.13. The van der Waals surface area contributed by atoms with Crippen molar-refractivity contribution in [2.45, 2.75) is 6.92 Å². The summed E-state index contributed by atoms with van der Waals surface area (Å²) >= 11 is 3.40. The van der Waals surface area contributed by atoms with Gasteiger partial charge in [-0.15, -0.1) is 0 Å². The van der Waals surface area contributed by atoms with Crippen LogP contribution in [0, 0.1) is 6.92 Å². The van der Waals surface area contributed by atoms with E-state index < -0.39 is 0 Å². The highest BCUT2D eigenvalue weighted by Crippen LogP contribution is 2.21.